The summed E-state index contributed by atoms with van der Waals surface area (Å²) in [6.07, 6.45) is 1.26. The minimum Gasteiger partial charge on any atom is -0.372 e. The van der Waals surface area contributed by atoms with Crippen molar-refractivity contribution in [3.05, 3.63) is 35.4 Å². The van der Waals surface area contributed by atoms with Crippen LogP contribution < -0.4 is 5.32 Å². The van der Waals surface area contributed by atoms with Gasteiger partial charge in [-0.25, -0.2) is 0 Å². The first-order valence-electron chi connectivity index (χ1n) is 6.00. The third-order valence-electron chi connectivity index (χ3n) is 3.23. The first kappa shape index (κ1) is 11.6. The van der Waals surface area contributed by atoms with Gasteiger partial charge in [0.05, 0.1) is 6.10 Å². The largest absolute Gasteiger partial charge is 0.372 e. The molecule has 1 aliphatic rings. The maximum Gasteiger partial charge on any atom is 0.0949 e. The molecule has 1 fully saturated rings. The van der Waals surface area contributed by atoms with Crippen LogP contribution in [0.15, 0.2) is 24.3 Å². The van der Waals surface area contributed by atoms with Gasteiger partial charge in [0, 0.05) is 18.7 Å². The highest BCUT2D eigenvalue weighted by Gasteiger charge is 2.24. The first-order valence-corrected chi connectivity index (χ1v) is 6.00. The van der Waals surface area contributed by atoms with Gasteiger partial charge in [0.2, 0.25) is 0 Å². The lowest BCUT2D eigenvalue weighted by atomic mass is 10.0. The molecule has 0 saturated carbocycles. The average molecular weight is 219 g/mol. The average Bonchev–Trinajstić information content (AvgIpc) is 2.39. The van der Waals surface area contributed by atoms with E-state index in [-0.39, 0.29) is 11.6 Å². The van der Waals surface area contributed by atoms with E-state index >= 15 is 0 Å². The Morgan fingerprint density at radius 3 is 2.94 bits per heavy atom. The zero-order valence-electron chi connectivity index (χ0n) is 10.4. The standard InChI is InChI=1S/C14H21NO/c1-11-5-4-6-12(9-11)13-10-15-14(2,3)7-8-16-13/h4-6,9,13,15H,7-8,10H2,1-3H3. The number of hydrogen-bond acceptors (Lipinski definition) is 2. The molecule has 0 amide bonds. The Kier molecular flexibility index (Phi) is 3.31. The summed E-state index contributed by atoms with van der Waals surface area (Å²) in [4.78, 5) is 0. The molecule has 2 nitrogen and oxygen atoms in total. The van der Waals surface area contributed by atoms with Crippen molar-refractivity contribution in [3.63, 3.8) is 0 Å². The van der Waals surface area contributed by atoms with Crippen LogP contribution in [0.25, 0.3) is 0 Å². The lowest BCUT2D eigenvalue weighted by molar-refractivity contribution is 0.0656. The van der Waals surface area contributed by atoms with Gasteiger partial charge >= 0.3 is 0 Å². The van der Waals surface area contributed by atoms with Crippen LogP contribution in [0.1, 0.15) is 37.5 Å². The van der Waals surface area contributed by atoms with Crippen molar-refractivity contribution in [2.45, 2.75) is 38.8 Å². The minimum absolute atomic E-state index is 0.193. The topological polar surface area (TPSA) is 21.3 Å². The van der Waals surface area contributed by atoms with Crippen molar-refractivity contribution in [3.8, 4) is 0 Å². The second-order valence-corrected chi connectivity index (χ2v) is 5.29. The number of aryl methyl sites for hydroxylation is 1. The fourth-order valence-electron chi connectivity index (χ4n) is 2.06. The molecule has 0 aliphatic carbocycles. The molecule has 1 heterocycles. The molecule has 0 aromatic heterocycles. The normalized spacial score (nSPS) is 25.1. The summed E-state index contributed by atoms with van der Waals surface area (Å²) in [6, 6.07) is 8.59. The second kappa shape index (κ2) is 4.56. The number of hydrogen-bond donors (Lipinski definition) is 1. The van der Waals surface area contributed by atoms with Gasteiger partial charge in [0.1, 0.15) is 0 Å². The van der Waals surface area contributed by atoms with Crippen molar-refractivity contribution < 1.29 is 4.74 Å². The lowest BCUT2D eigenvalue weighted by Crippen LogP contribution is -2.39. The highest BCUT2D eigenvalue weighted by atomic mass is 16.5. The van der Waals surface area contributed by atoms with Gasteiger partial charge < -0.3 is 10.1 Å². The van der Waals surface area contributed by atoms with Crippen LogP contribution in [0.4, 0.5) is 0 Å². The zero-order valence-corrected chi connectivity index (χ0v) is 10.4. The van der Waals surface area contributed by atoms with Crippen LogP contribution in [0.5, 0.6) is 0 Å². The highest BCUT2D eigenvalue weighted by molar-refractivity contribution is 5.24. The van der Waals surface area contributed by atoms with Gasteiger partial charge in [-0.2, -0.15) is 0 Å². The Hall–Kier alpha value is -0.860. The molecule has 1 saturated heterocycles. The predicted molar refractivity (Wildman–Crippen MR) is 66.6 cm³/mol. The summed E-state index contributed by atoms with van der Waals surface area (Å²) in [5, 5.41) is 3.56. The van der Waals surface area contributed by atoms with E-state index in [4.69, 9.17) is 4.74 Å². The van der Waals surface area contributed by atoms with Gasteiger partial charge in [-0.05, 0) is 32.8 Å². The smallest absolute Gasteiger partial charge is 0.0949 e. The fraction of sp³-hybridized carbons (Fsp3) is 0.571. The van der Waals surface area contributed by atoms with Gasteiger partial charge in [-0.1, -0.05) is 29.8 Å². The van der Waals surface area contributed by atoms with Crippen LogP contribution in [0, 0.1) is 6.92 Å². The van der Waals surface area contributed by atoms with Crippen molar-refractivity contribution in [1.82, 2.24) is 5.32 Å². The molecule has 88 valence electrons. The highest BCUT2D eigenvalue weighted by Crippen LogP contribution is 2.23. The Morgan fingerprint density at radius 1 is 1.38 bits per heavy atom. The molecule has 16 heavy (non-hydrogen) atoms. The van der Waals surface area contributed by atoms with Crippen molar-refractivity contribution >= 4 is 0 Å². The minimum atomic E-state index is 0.193. The predicted octanol–water partition coefficient (Wildman–Crippen LogP) is 2.82. The first-order chi connectivity index (χ1) is 7.57. The van der Waals surface area contributed by atoms with Crippen LogP contribution in [-0.4, -0.2) is 18.7 Å². The van der Waals surface area contributed by atoms with E-state index in [0.717, 1.165) is 19.6 Å². The van der Waals surface area contributed by atoms with Gasteiger partial charge in [-0.3, -0.25) is 0 Å². The van der Waals surface area contributed by atoms with E-state index in [2.05, 4.69) is 50.4 Å². The number of nitrogens with one attached hydrogen (secondary N) is 1. The van der Waals surface area contributed by atoms with E-state index in [1.165, 1.54) is 11.1 Å². The maximum atomic E-state index is 5.92. The molecule has 0 spiro atoms. The van der Waals surface area contributed by atoms with Gasteiger partial charge in [0.25, 0.3) is 0 Å². The summed E-state index contributed by atoms with van der Waals surface area (Å²) < 4.78 is 5.92. The molecule has 1 unspecified atom stereocenters. The molecule has 1 atom stereocenters. The Labute approximate surface area is 98.0 Å². The monoisotopic (exact) mass is 219 g/mol. The molecule has 0 bridgehead atoms. The molecule has 0 radical (unpaired) electrons. The summed E-state index contributed by atoms with van der Waals surface area (Å²) >= 11 is 0. The maximum absolute atomic E-state index is 5.92. The Morgan fingerprint density at radius 2 is 2.19 bits per heavy atom. The van der Waals surface area contributed by atoms with E-state index in [9.17, 15) is 0 Å². The van der Waals surface area contributed by atoms with E-state index in [1.807, 2.05) is 0 Å². The van der Waals surface area contributed by atoms with E-state index < -0.39 is 0 Å². The van der Waals surface area contributed by atoms with Crippen molar-refractivity contribution in [2.75, 3.05) is 13.2 Å². The number of benzene rings is 1. The third kappa shape index (κ3) is 2.83. The zero-order chi connectivity index (χ0) is 11.6. The molecule has 1 aromatic rings. The van der Waals surface area contributed by atoms with Crippen LogP contribution in [0.3, 0.4) is 0 Å². The molecule has 1 N–H and O–H groups in total. The van der Waals surface area contributed by atoms with Gasteiger partial charge in [-0.15, -0.1) is 0 Å². The van der Waals surface area contributed by atoms with Gasteiger partial charge in [0.15, 0.2) is 0 Å². The molecule has 2 heteroatoms. The SMILES string of the molecule is Cc1cccc(C2CNC(C)(C)CCO2)c1. The lowest BCUT2D eigenvalue weighted by Gasteiger charge is -2.23. The molecular weight excluding hydrogens is 198 g/mol. The fourth-order valence-corrected chi connectivity index (χ4v) is 2.06. The number of rotatable bonds is 1. The van der Waals surface area contributed by atoms with Crippen LogP contribution >= 0.6 is 0 Å². The number of ether oxygens (including phenoxy) is 1. The quantitative estimate of drug-likeness (QED) is 0.784. The summed E-state index contributed by atoms with van der Waals surface area (Å²) in [7, 11) is 0. The van der Waals surface area contributed by atoms with Crippen molar-refractivity contribution in [2.24, 2.45) is 0 Å². The molecular formula is C14H21NO. The third-order valence-corrected chi connectivity index (χ3v) is 3.23. The molecule has 1 aliphatic heterocycles. The van der Waals surface area contributed by atoms with Crippen LogP contribution in [-0.2, 0) is 4.74 Å². The Balaban J connectivity index is 2.11. The Bertz CT molecular complexity index is 360. The summed E-state index contributed by atoms with van der Waals surface area (Å²) in [5.74, 6) is 0. The van der Waals surface area contributed by atoms with Crippen LogP contribution in [0.2, 0.25) is 0 Å². The summed E-state index contributed by atoms with van der Waals surface area (Å²) in [6.45, 7) is 8.32. The summed E-state index contributed by atoms with van der Waals surface area (Å²) in [5.41, 5.74) is 2.77. The second-order valence-electron chi connectivity index (χ2n) is 5.29. The van der Waals surface area contributed by atoms with Crippen molar-refractivity contribution in [1.29, 1.82) is 0 Å². The van der Waals surface area contributed by atoms with E-state index in [1.54, 1.807) is 0 Å². The molecule has 1 aromatic carbocycles. The molecule has 2 rings (SSSR count). The van der Waals surface area contributed by atoms with E-state index in [0.29, 0.717) is 0 Å².